The molecule has 0 aromatic heterocycles. The van der Waals surface area contributed by atoms with E-state index in [1.54, 1.807) is 6.07 Å². The number of carbonyl (C=O) groups is 2. The summed E-state index contributed by atoms with van der Waals surface area (Å²) in [6.45, 7) is 0.726. The third-order valence-corrected chi connectivity index (χ3v) is 6.51. The Morgan fingerprint density at radius 1 is 1.09 bits per heavy atom. The maximum absolute atomic E-state index is 13.3. The summed E-state index contributed by atoms with van der Waals surface area (Å²) in [5.41, 5.74) is 0.383. The first-order valence-corrected chi connectivity index (χ1v) is 11.4. The van der Waals surface area contributed by atoms with Gasteiger partial charge in [-0.15, -0.1) is 0 Å². The molecule has 1 amide bonds. The Hall–Kier alpha value is -3.43. The van der Waals surface area contributed by atoms with Gasteiger partial charge in [0.15, 0.2) is 11.5 Å². The minimum atomic E-state index is -0.985. The monoisotopic (exact) mass is 503 g/mol. The number of ketones is 1. The predicted octanol–water partition coefficient (Wildman–Crippen LogP) is 3.67. The first kappa shape index (κ1) is 24.7. The number of amides is 1. The van der Waals surface area contributed by atoms with Crippen LogP contribution in [0.2, 0.25) is 5.02 Å². The van der Waals surface area contributed by atoms with Crippen LogP contribution in [0.5, 0.6) is 23.0 Å². The smallest absolute Gasteiger partial charge is 0.295 e. The van der Waals surface area contributed by atoms with Gasteiger partial charge in [-0.1, -0.05) is 17.7 Å². The molecule has 4 rings (SSSR count). The fourth-order valence-corrected chi connectivity index (χ4v) is 4.73. The average molecular weight is 504 g/mol. The Morgan fingerprint density at radius 2 is 1.80 bits per heavy atom. The van der Waals surface area contributed by atoms with Crippen LogP contribution in [0.1, 0.15) is 30.0 Å². The van der Waals surface area contributed by atoms with Gasteiger partial charge in [-0.2, -0.15) is 0 Å². The molecule has 0 spiro atoms. The van der Waals surface area contributed by atoms with E-state index in [2.05, 4.69) is 0 Å². The Balaban J connectivity index is 1.90. The van der Waals surface area contributed by atoms with Crippen molar-refractivity contribution in [2.75, 3.05) is 34.5 Å². The van der Waals surface area contributed by atoms with Crippen molar-refractivity contribution in [2.45, 2.75) is 25.0 Å². The number of aromatic hydroxyl groups is 1. The number of rotatable bonds is 7. The molecule has 0 radical (unpaired) electrons. The first-order chi connectivity index (χ1) is 16.8. The molecule has 186 valence electrons. The van der Waals surface area contributed by atoms with E-state index in [0.29, 0.717) is 17.9 Å². The molecule has 2 unspecified atom stereocenters. The van der Waals surface area contributed by atoms with E-state index >= 15 is 0 Å². The SMILES string of the molecule is COc1ccc(C2/C(=C(\O)c3cc(Cl)c(OC)cc3OC)C(=O)C(=O)N2CC2CCCO2)cc1O. The largest absolute Gasteiger partial charge is 0.507 e. The molecule has 2 heterocycles. The highest BCUT2D eigenvalue weighted by Gasteiger charge is 2.47. The highest BCUT2D eigenvalue weighted by molar-refractivity contribution is 6.46. The minimum absolute atomic E-state index is 0.121. The van der Waals surface area contributed by atoms with Gasteiger partial charge in [-0.25, -0.2) is 0 Å². The summed E-state index contributed by atoms with van der Waals surface area (Å²) in [6, 6.07) is 6.47. The number of aliphatic hydroxyl groups excluding tert-OH is 1. The van der Waals surface area contributed by atoms with E-state index in [4.69, 9.17) is 30.5 Å². The van der Waals surface area contributed by atoms with E-state index in [9.17, 15) is 19.8 Å². The molecule has 0 aliphatic carbocycles. The van der Waals surface area contributed by atoms with E-state index in [1.807, 2.05) is 0 Å². The van der Waals surface area contributed by atoms with Gasteiger partial charge in [-0.3, -0.25) is 9.59 Å². The van der Waals surface area contributed by atoms with Crippen molar-refractivity contribution in [3.63, 3.8) is 0 Å². The number of Topliss-reactive ketones (excluding diaryl/α,β-unsaturated/α-hetero) is 1. The summed E-state index contributed by atoms with van der Waals surface area (Å²) in [4.78, 5) is 27.8. The number of ether oxygens (including phenoxy) is 4. The number of benzene rings is 2. The van der Waals surface area contributed by atoms with Crippen LogP contribution in [0.15, 0.2) is 35.9 Å². The molecule has 35 heavy (non-hydrogen) atoms. The lowest BCUT2D eigenvalue weighted by Crippen LogP contribution is -2.36. The summed E-state index contributed by atoms with van der Waals surface area (Å²) >= 11 is 6.28. The van der Waals surface area contributed by atoms with Gasteiger partial charge in [0.1, 0.15) is 17.3 Å². The number of halogens is 1. The molecule has 2 aromatic rings. The number of phenols is 1. The Labute approximate surface area is 207 Å². The van der Waals surface area contributed by atoms with Crippen molar-refractivity contribution in [3.8, 4) is 23.0 Å². The molecule has 0 saturated carbocycles. The molecule has 2 saturated heterocycles. The molecule has 10 heteroatoms. The normalized spacial score (nSPS) is 21.4. The number of hydrogen-bond acceptors (Lipinski definition) is 8. The molecule has 0 bridgehead atoms. The molecule has 2 fully saturated rings. The lowest BCUT2D eigenvalue weighted by molar-refractivity contribution is -0.140. The quantitative estimate of drug-likeness (QED) is 0.334. The second-order valence-electron chi connectivity index (χ2n) is 8.20. The zero-order valence-electron chi connectivity index (χ0n) is 19.5. The fraction of sp³-hybridized carbons (Fsp3) is 0.360. The lowest BCUT2D eigenvalue weighted by atomic mass is 9.94. The van der Waals surface area contributed by atoms with Crippen LogP contribution in [0.4, 0.5) is 0 Å². The van der Waals surface area contributed by atoms with Crippen molar-refractivity contribution in [3.05, 3.63) is 52.1 Å². The van der Waals surface area contributed by atoms with Crippen molar-refractivity contribution < 1.29 is 38.7 Å². The first-order valence-electron chi connectivity index (χ1n) is 11.0. The number of hydrogen-bond donors (Lipinski definition) is 2. The fourth-order valence-electron chi connectivity index (χ4n) is 4.49. The summed E-state index contributed by atoms with van der Waals surface area (Å²) in [5.74, 6) is -1.53. The molecule has 2 aromatic carbocycles. The van der Waals surface area contributed by atoms with Crippen molar-refractivity contribution >= 4 is 29.1 Å². The number of methoxy groups -OCH3 is 3. The average Bonchev–Trinajstić information content (AvgIpc) is 3.45. The van der Waals surface area contributed by atoms with E-state index < -0.39 is 23.5 Å². The molecule has 2 N–H and O–H groups in total. The second-order valence-corrected chi connectivity index (χ2v) is 8.61. The van der Waals surface area contributed by atoms with Gasteiger partial charge >= 0.3 is 0 Å². The maximum Gasteiger partial charge on any atom is 0.295 e. The van der Waals surface area contributed by atoms with Crippen molar-refractivity contribution in [1.29, 1.82) is 0 Å². The standard InChI is InChI=1S/C25H26ClNO8/c1-32-18-7-6-13(9-17(18)28)22-21(24(30)25(31)27(22)12-14-5-4-8-35-14)23(29)15-10-16(26)20(34-3)11-19(15)33-2/h6-7,9-11,14,22,28-29H,4-5,8,12H2,1-3H3/b23-21+. The third-order valence-electron chi connectivity index (χ3n) is 6.21. The summed E-state index contributed by atoms with van der Waals surface area (Å²) in [6.07, 6.45) is 1.35. The zero-order chi connectivity index (χ0) is 25.3. The van der Waals surface area contributed by atoms with Crippen LogP contribution < -0.4 is 14.2 Å². The van der Waals surface area contributed by atoms with Gasteiger partial charge in [0.05, 0.1) is 49.6 Å². The van der Waals surface area contributed by atoms with Crippen molar-refractivity contribution in [2.24, 2.45) is 0 Å². The predicted molar refractivity (Wildman–Crippen MR) is 127 cm³/mol. The molecule has 9 nitrogen and oxygen atoms in total. The molecule has 2 aliphatic rings. The van der Waals surface area contributed by atoms with Crippen LogP contribution >= 0.6 is 11.6 Å². The van der Waals surface area contributed by atoms with Gasteiger partial charge in [0.2, 0.25) is 0 Å². The summed E-state index contributed by atoms with van der Waals surface area (Å²) < 4.78 is 21.4. The van der Waals surface area contributed by atoms with Crippen LogP contribution in [0.3, 0.4) is 0 Å². The van der Waals surface area contributed by atoms with E-state index in [0.717, 1.165) is 12.8 Å². The van der Waals surface area contributed by atoms with Crippen LogP contribution in [-0.2, 0) is 14.3 Å². The lowest BCUT2D eigenvalue weighted by Gasteiger charge is -2.27. The van der Waals surface area contributed by atoms with Crippen LogP contribution in [0.25, 0.3) is 5.76 Å². The molecule has 2 atom stereocenters. The third kappa shape index (κ3) is 4.49. The van der Waals surface area contributed by atoms with Crippen LogP contribution in [-0.4, -0.2) is 67.4 Å². The zero-order valence-corrected chi connectivity index (χ0v) is 20.3. The summed E-state index contributed by atoms with van der Waals surface area (Å²) in [5, 5.41) is 22.0. The number of likely N-dealkylation sites (tertiary alicyclic amines) is 1. The summed E-state index contributed by atoms with van der Waals surface area (Å²) in [7, 11) is 4.25. The highest BCUT2D eigenvalue weighted by Crippen LogP contribution is 2.44. The van der Waals surface area contributed by atoms with Gasteiger partial charge in [0, 0.05) is 19.2 Å². The van der Waals surface area contributed by atoms with Crippen LogP contribution in [0, 0.1) is 0 Å². The molecular weight excluding hydrogens is 478 g/mol. The van der Waals surface area contributed by atoms with E-state index in [1.165, 1.54) is 50.5 Å². The molecule has 2 aliphatic heterocycles. The number of aliphatic hydroxyl groups is 1. The Bertz CT molecular complexity index is 1190. The molecular formula is C25H26ClNO8. The number of nitrogens with zero attached hydrogens (tertiary/aromatic N) is 1. The van der Waals surface area contributed by atoms with Crippen molar-refractivity contribution in [1.82, 2.24) is 4.90 Å². The topological polar surface area (TPSA) is 115 Å². The van der Waals surface area contributed by atoms with Gasteiger partial charge < -0.3 is 34.1 Å². The van der Waals surface area contributed by atoms with Gasteiger partial charge in [0.25, 0.3) is 11.7 Å². The van der Waals surface area contributed by atoms with E-state index in [-0.39, 0.29) is 46.1 Å². The Morgan fingerprint density at radius 3 is 2.40 bits per heavy atom. The minimum Gasteiger partial charge on any atom is -0.507 e. The maximum atomic E-state index is 13.3. The highest BCUT2D eigenvalue weighted by atomic mass is 35.5. The number of carbonyl (C=O) groups excluding carboxylic acids is 2. The number of phenolic OH excluding ortho intramolecular Hbond substituents is 1. The second kappa shape index (κ2) is 10.1. The Kier molecular flexibility index (Phi) is 7.09. The van der Waals surface area contributed by atoms with Gasteiger partial charge in [-0.05, 0) is 36.6 Å².